The lowest BCUT2D eigenvalue weighted by molar-refractivity contribution is 0.399. The fourth-order valence-electron chi connectivity index (χ4n) is 3.08. The number of nitrogens with zero attached hydrogens (tertiary/aromatic N) is 2. The Morgan fingerprint density at radius 1 is 1.13 bits per heavy atom. The molecule has 0 saturated carbocycles. The number of nitrogens with one attached hydrogen (secondary N) is 1. The lowest BCUT2D eigenvalue weighted by Gasteiger charge is -2.20. The van der Waals surface area contributed by atoms with Gasteiger partial charge in [-0.2, -0.15) is 0 Å². The van der Waals surface area contributed by atoms with Gasteiger partial charge in [-0.25, -0.2) is 9.97 Å². The van der Waals surface area contributed by atoms with Crippen LogP contribution in [0.5, 0.6) is 5.88 Å². The lowest BCUT2D eigenvalue weighted by Crippen LogP contribution is -2.26. The number of fused-ring (bicyclic) bond motifs is 1. The Balaban J connectivity index is 1.64. The summed E-state index contributed by atoms with van der Waals surface area (Å²) in [6, 6.07) is 10.2. The summed E-state index contributed by atoms with van der Waals surface area (Å²) in [5.74, 6) is 1.25. The summed E-state index contributed by atoms with van der Waals surface area (Å²) >= 11 is 1.74. The summed E-state index contributed by atoms with van der Waals surface area (Å²) in [4.78, 5) is 9.35. The van der Waals surface area contributed by atoms with Crippen molar-refractivity contribution in [1.82, 2.24) is 15.3 Å². The highest BCUT2D eigenvalue weighted by Crippen LogP contribution is 2.32. The normalized spacial score (nSPS) is 15.9. The minimum Gasteiger partial charge on any atom is -0.481 e. The van der Waals surface area contributed by atoms with Gasteiger partial charge in [-0.1, -0.05) is 0 Å². The molecule has 1 aromatic carbocycles. The molecule has 0 unspecified atom stereocenters. The van der Waals surface area contributed by atoms with Gasteiger partial charge in [0.15, 0.2) is 0 Å². The molecular weight excluding hydrogens is 306 g/mol. The Hall–Kier alpha value is -1.98. The summed E-state index contributed by atoms with van der Waals surface area (Å²) in [5, 5.41) is 7.84. The predicted octanol–water partition coefficient (Wildman–Crippen LogP) is 3.83. The van der Waals surface area contributed by atoms with E-state index < -0.39 is 0 Å². The van der Waals surface area contributed by atoms with Gasteiger partial charge in [0.2, 0.25) is 5.88 Å². The Kier molecular flexibility index (Phi) is 3.97. The van der Waals surface area contributed by atoms with Crippen molar-refractivity contribution >= 4 is 22.2 Å². The highest BCUT2D eigenvalue weighted by atomic mass is 32.1. The third kappa shape index (κ3) is 2.94. The summed E-state index contributed by atoms with van der Waals surface area (Å²) in [6.45, 7) is 2.20. The maximum absolute atomic E-state index is 5.18. The highest BCUT2D eigenvalue weighted by molar-refractivity contribution is 7.13. The maximum Gasteiger partial charge on any atom is 0.213 e. The van der Waals surface area contributed by atoms with Crippen molar-refractivity contribution in [2.24, 2.45) is 0 Å². The molecule has 0 atom stereocenters. The van der Waals surface area contributed by atoms with Crippen LogP contribution < -0.4 is 10.1 Å². The van der Waals surface area contributed by atoms with Crippen molar-refractivity contribution in [2.45, 2.75) is 18.8 Å². The van der Waals surface area contributed by atoms with Gasteiger partial charge in [-0.05, 0) is 50.2 Å². The van der Waals surface area contributed by atoms with Crippen LogP contribution in [-0.4, -0.2) is 30.2 Å². The fourth-order valence-corrected chi connectivity index (χ4v) is 3.98. The van der Waals surface area contributed by atoms with Crippen LogP contribution in [0.2, 0.25) is 0 Å². The molecule has 2 aromatic heterocycles. The lowest BCUT2D eigenvalue weighted by atomic mass is 9.95. The smallest absolute Gasteiger partial charge is 0.213 e. The fraction of sp³-hybridized carbons (Fsp3) is 0.333. The van der Waals surface area contributed by atoms with E-state index in [4.69, 9.17) is 9.72 Å². The van der Waals surface area contributed by atoms with Crippen LogP contribution in [0.15, 0.2) is 35.7 Å². The highest BCUT2D eigenvalue weighted by Gasteiger charge is 2.18. The Morgan fingerprint density at radius 3 is 2.83 bits per heavy atom. The largest absolute Gasteiger partial charge is 0.481 e. The molecule has 5 heteroatoms. The summed E-state index contributed by atoms with van der Waals surface area (Å²) < 4.78 is 5.18. The number of hydrogen-bond acceptors (Lipinski definition) is 5. The van der Waals surface area contributed by atoms with Crippen molar-refractivity contribution in [3.05, 3.63) is 41.4 Å². The monoisotopic (exact) mass is 325 g/mol. The molecule has 1 N–H and O–H groups in total. The summed E-state index contributed by atoms with van der Waals surface area (Å²) in [5.41, 5.74) is 3.36. The van der Waals surface area contributed by atoms with Gasteiger partial charge in [-0.3, -0.25) is 0 Å². The van der Waals surface area contributed by atoms with Gasteiger partial charge in [-0.15, -0.1) is 11.3 Å². The first-order valence-electron chi connectivity index (χ1n) is 7.95. The van der Waals surface area contributed by atoms with Crippen LogP contribution in [0.1, 0.15) is 24.5 Å². The molecule has 1 aliphatic rings. The van der Waals surface area contributed by atoms with Crippen LogP contribution >= 0.6 is 11.3 Å². The quantitative estimate of drug-likeness (QED) is 0.795. The molecule has 118 valence electrons. The van der Waals surface area contributed by atoms with E-state index in [0.29, 0.717) is 11.8 Å². The molecule has 3 aromatic rings. The minimum absolute atomic E-state index is 0.604. The standard InChI is InChI=1S/C18H19N3OS/c1-22-17-5-3-13-10-14(2-4-15(13)20-17)18-21-16(11-23-18)12-6-8-19-9-7-12/h2-5,10-12,19H,6-9H2,1H3. The number of aromatic nitrogens is 2. The number of methoxy groups -OCH3 is 1. The Labute approximate surface area is 139 Å². The van der Waals surface area contributed by atoms with Crippen molar-refractivity contribution in [1.29, 1.82) is 0 Å². The number of hydrogen-bond donors (Lipinski definition) is 1. The number of thiazole rings is 1. The van der Waals surface area contributed by atoms with E-state index >= 15 is 0 Å². The first-order valence-corrected chi connectivity index (χ1v) is 8.83. The second kappa shape index (κ2) is 6.26. The van der Waals surface area contributed by atoms with E-state index in [1.165, 1.54) is 18.5 Å². The van der Waals surface area contributed by atoms with Crippen molar-refractivity contribution in [2.75, 3.05) is 20.2 Å². The summed E-state index contributed by atoms with van der Waals surface area (Å²) in [6.07, 6.45) is 2.37. The van der Waals surface area contributed by atoms with E-state index in [0.717, 1.165) is 34.6 Å². The van der Waals surface area contributed by atoms with Crippen molar-refractivity contribution in [3.8, 4) is 16.5 Å². The average molecular weight is 325 g/mol. The third-order valence-electron chi connectivity index (χ3n) is 4.40. The molecular formula is C18H19N3OS. The molecule has 0 spiro atoms. The zero-order valence-corrected chi connectivity index (χ0v) is 13.9. The molecule has 3 heterocycles. The van der Waals surface area contributed by atoms with Gasteiger partial charge in [0.25, 0.3) is 0 Å². The molecule has 0 radical (unpaired) electrons. The number of rotatable bonds is 3. The van der Waals surface area contributed by atoms with Crippen LogP contribution in [0.4, 0.5) is 0 Å². The topological polar surface area (TPSA) is 47.0 Å². The molecule has 1 fully saturated rings. The number of ether oxygens (including phenoxy) is 1. The molecule has 4 nitrogen and oxygen atoms in total. The van der Waals surface area contributed by atoms with Crippen LogP contribution in [0, 0.1) is 0 Å². The van der Waals surface area contributed by atoms with E-state index in [9.17, 15) is 0 Å². The molecule has 0 aliphatic carbocycles. The van der Waals surface area contributed by atoms with E-state index in [1.54, 1.807) is 18.4 Å². The second-order valence-electron chi connectivity index (χ2n) is 5.86. The molecule has 23 heavy (non-hydrogen) atoms. The van der Waals surface area contributed by atoms with Crippen LogP contribution in [0.3, 0.4) is 0 Å². The average Bonchev–Trinajstić information content (AvgIpc) is 3.11. The van der Waals surface area contributed by atoms with E-state index in [-0.39, 0.29) is 0 Å². The SMILES string of the molecule is COc1ccc2cc(-c3nc(C4CCNCC4)cs3)ccc2n1. The van der Waals surface area contributed by atoms with Gasteiger partial charge in [0.05, 0.1) is 18.3 Å². The second-order valence-corrected chi connectivity index (χ2v) is 6.72. The molecule has 0 bridgehead atoms. The van der Waals surface area contributed by atoms with E-state index in [1.807, 2.05) is 18.2 Å². The summed E-state index contributed by atoms with van der Waals surface area (Å²) in [7, 11) is 1.64. The van der Waals surface area contributed by atoms with Crippen LogP contribution in [0.25, 0.3) is 21.5 Å². The number of pyridine rings is 1. The molecule has 1 saturated heterocycles. The van der Waals surface area contributed by atoms with Gasteiger partial charge < -0.3 is 10.1 Å². The van der Waals surface area contributed by atoms with E-state index in [2.05, 4.69) is 27.8 Å². The molecule has 0 amide bonds. The third-order valence-corrected chi connectivity index (χ3v) is 5.31. The first kappa shape index (κ1) is 14.6. The van der Waals surface area contributed by atoms with Crippen molar-refractivity contribution < 1.29 is 4.74 Å². The maximum atomic E-state index is 5.18. The molecule has 1 aliphatic heterocycles. The predicted molar refractivity (Wildman–Crippen MR) is 94.2 cm³/mol. The zero-order valence-electron chi connectivity index (χ0n) is 13.1. The number of benzene rings is 1. The van der Waals surface area contributed by atoms with Gasteiger partial charge >= 0.3 is 0 Å². The van der Waals surface area contributed by atoms with Crippen molar-refractivity contribution in [3.63, 3.8) is 0 Å². The number of piperidine rings is 1. The zero-order chi connectivity index (χ0) is 15.6. The van der Waals surface area contributed by atoms with Gasteiger partial charge in [0.1, 0.15) is 5.01 Å². The Bertz CT molecular complexity index is 824. The van der Waals surface area contributed by atoms with Crippen LogP contribution in [-0.2, 0) is 0 Å². The van der Waals surface area contributed by atoms with Gasteiger partial charge in [0, 0.05) is 28.3 Å². The molecule has 4 rings (SSSR count). The minimum atomic E-state index is 0.604. The Morgan fingerprint density at radius 2 is 2.00 bits per heavy atom. The first-order chi connectivity index (χ1) is 11.3.